The molecule has 1 aromatic carbocycles. The Kier molecular flexibility index (Phi) is 2.74. The van der Waals surface area contributed by atoms with Gasteiger partial charge in [0.1, 0.15) is 0 Å². The van der Waals surface area contributed by atoms with E-state index >= 15 is 0 Å². The van der Waals surface area contributed by atoms with Gasteiger partial charge in [0.25, 0.3) is 6.43 Å². The number of aryl methyl sites for hydroxylation is 1. The van der Waals surface area contributed by atoms with Crippen molar-refractivity contribution < 1.29 is 8.78 Å². The van der Waals surface area contributed by atoms with Crippen LogP contribution in [0, 0.1) is 9.81 Å². The summed E-state index contributed by atoms with van der Waals surface area (Å²) < 4.78 is 27.2. The third-order valence-electron chi connectivity index (χ3n) is 2.13. The summed E-state index contributed by atoms with van der Waals surface area (Å²) in [5.74, 6) is 0. The number of thiophene rings is 1. The van der Waals surface area contributed by atoms with E-state index in [9.17, 15) is 8.78 Å². The van der Waals surface area contributed by atoms with Crippen LogP contribution in [0.2, 0.25) is 0 Å². The summed E-state index contributed by atoms with van der Waals surface area (Å²) in [7, 11) is 0. The fraction of sp³-hybridized carbons (Fsp3) is 0.200. The first-order valence-corrected chi connectivity index (χ1v) is 5.96. The van der Waals surface area contributed by atoms with Gasteiger partial charge in [-0.1, -0.05) is 12.1 Å². The highest BCUT2D eigenvalue weighted by molar-refractivity contribution is 14.1. The van der Waals surface area contributed by atoms with E-state index in [0.29, 0.717) is 2.88 Å². The lowest BCUT2D eigenvalue weighted by Gasteiger charge is -2.00. The van der Waals surface area contributed by atoms with Gasteiger partial charge in [0.05, 0.1) is 8.45 Å². The maximum atomic E-state index is 12.8. The third kappa shape index (κ3) is 1.54. The van der Waals surface area contributed by atoms with Crippen molar-refractivity contribution in [3.8, 4) is 0 Å². The molecule has 0 saturated heterocycles. The van der Waals surface area contributed by atoms with Crippen molar-refractivity contribution in [1.29, 1.82) is 0 Å². The van der Waals surface area contributed by atoms with Crippen molar-refractivity contribution in [2.45, 2.75) is 13.3 Å². The minimum Gasteiger partial charge on any atom is -0.205 e. The molecule has 0 fully saturated rings. The van der Waals surface area contributed by atoms with Crippen LogP contribution in [-0.4, -0.2) is 0 Å². The molecule has 1 aromatic heterocycles. The summed E-state index contributed by atoms with van der Waals surface area (Å²) in [4.78, 5) is 0. The normalized spacial score (nSPS) is 11.5. The molecule has 4 heteroatoms. The zero-order valence-corrected chi connectivity index (χ0v) is 10.3. The maximum Gasteiger partial charge on any atom is 0.266 e. The molecule has 0 amide bonds. The Morgan fingerprint density at radius 3 is 2.71 bits per heavy atom. The largest absolute Gasteiger partial charge is 0.266 e. The molecule has 0 unspecified atom stereocenters. The van der Waals surface area contributed by atoms with E-state index in [1.807, 2.05) is 47.7 Å². The molecule has 0 aliphatic heterocycles. The Bertz CT molecular complexity index is 476. The van der Waals surface area contributed by atoms with Gasteiger partial charge in [-0.25, -0.2) is 8.78 Å². The number of halogens is 3. The summed E-state index contributed by atoms with van der Waals surface area (Å²) in [5, 5.41) is 0.733. The van der Waals surface area contributed by atoms with E-state index in [1.54, 1.807) is 0 Å². The van der Waals surface area contributed by atoms with Gasteiger partial charge in [0.15, 0.2) is 0 Å². The fourth-order valence-electron chi connectivity index (χ4n) is 1.52. The molecule has 2 aromatic rings. The predicted molar refractivity (Wildman–Crippen MR) is 64.2 cm³/mol. The van der Waals surface area contributed by atoms with Gasteiger partial charge in [-0.05, 0) is 41.1 Å². The highest BCUT2D eigenvalue weighted by Gasteiger charge is 2.19. The molecule has 2 rings (SSSR count). The van der Waals surface area contributed by atoms with Crippen LogP contribution in [0.15, 0.2) is 18.2 Å². The molecule has 0 atom stereocenters. The Labute approximate surface area is 98.1 Å². The average Bonchev–Trinajstić information content (AvgIpc) is 2.42. The summed E-state index contributed by atoms with van der Waals surface area (Å²) in [5.41, 5.74) is 1.13. The molecule has 0 saturated carbocycles. The van der Waals surface area contributed by atoms with Crippen LogP contribution in [0.5, 0.6) is 0 Å². The molecular formula is C10H7F2IS. The molecular weight excluding hydrogens is 317 g/mol. The molecule has 74 valence electrons. The molecule has 0 aliphatic carbocycles. The second-order valence-electron chi connectivity index (χ2n) is 3.04. The highest BCUT2D eigenvalue weighted by atomic mass is 127. The van der Waals surface area contributed by atoms with E-state index in [2.05, 4.69) is 0 Å². The smallest absolute Gasteiger partial charge is 0.205 e. The van der Waals surface area contributed by atoms with Crippen molar-refractivity contribution in [2.24, 2.45) is 0 Å². The van der Waals surface area contributed by atoms with Gasteiger partial charge in [-0.2, -0.15) is 0 Å². The van der Waals surface area contributed by atoms with E-state index in [4.69, 9.17) is 0 Å². The van der Waals surface area contributed by atoms with E-state index in [0.717, 1.165) is 15.6 Å². The van der Waals surface area contributed by atoms with E-state index in [1.165, 1.54) is 11.3 Å². The number of benzene rings is 1. The summed E-state index contributed by atoms with van der Waals surface area (Å²) in [6.07, 6.45) is -2.38. The highest BCUT2D eigenvalue weighted by Crippen LogP contribution is 2.39. The third-order valence-corrected chi connectivity index (χ3v) is 4.33. The lowest BCUT2D eigenvalue weighted by molar-refractivity contribution is 0.152. The first-order valence-electron chi connectivity index (χ1n) is 4.07. The average molecular weight is 324 g/mol. The molecule has 0 bridgehead atoms. The van der Waals surface area contributed by atoms with Gasteiger partial charge in [-0.3, -0.25) is 0 Å². The van der Waals surface area contributed by atoms with Crippen LogP contribution in [0.4, 0.5) is 8.78 Å². The number of hydrogen-bond donors (Lipinski definition) is 0. The Morgan fingerprint density at radius 1 is 1.36 bits per heavy atom. The van der Waals surface area contributed by atoms with Crippen molar-refractivity contribution in [3.63, 3.8) is 0 Å². The lowest BCUT2D eigenvalue weighted by atomic mass is 10.1. The van der Waals surface area contributed by atoms with Crippen molar-refractivity contribution in [2.75, 3.05) is 0 Å². The molecule has 0 spiro atoms. The SMILES string of the molecule is Cc1cccc2sc(I)c(C(F)F)c12. The van der Waals surface area contributed by atoms with Gasteiger partial charge >= 0.3 is 0 Å². The lowest BCUT2D eigenvalue weighted by Crippen LogP contribution is -1.85. The van der Waals surface area contributed by atoms with Crippen LogP contribution in [0.3, 0.4) is 0 Å². The first kappa shape index (κ1) is 10.3. The maximum absolute atomic E-state index is 12.8. The minimum atomic E-state index is -2.38. The van der Waals surface area contributed by atoms with Crippen LogP contribution in [-0.2, 0) is 0 Å². The number of hydrogen-bond acceptors (Lipinski definition) is 1. The monoisotopic (exact) mass is 324 g/mol. The Balaban J connectivity index is 2.86. The van der Waals surface area contributed by atoms with Crippen molar-refractivity contribution in [1.82, 2.24) is 0 Å². The second-order valence-corrected chi connectivity index (χ2v) is 5.90. The molecule has 0 radical (unpaired) electrons. The molecule has 1 heterocycles. The summed E-state index contributed by atoms with van der Waals surface area (Å²) in [6.45, 7) is 1.87. The van der Waals surface area contributed by atoms with Crippen molar-refractivity contribution in [3.05, 3.63) is 32.2 Å². The summed E-state index contributed by atoms with van der Waals surface area (Å²) >= 11 is 3.41. The topological polar surface area (TPSA) is 0 Å². The molecule has 0 N–H and O–H groups in total. The number of alkyl halides is 2. The van der Waals surface area contributed by atoms with Gasteiger partial charge in [0, 0.05) is 10.1 Å². The van der Waals surface area contributed by atoms with Gasteiger partial charge in [0.2, 0.25) is 0 Å². The first-order chi connectivity index (χ1) is 6.61. The standard InChI is InChI=1S/C10H7F2IS/c1-5-3-2-4-6-7(5)8(9(11)12)10(13)14-6/h2-4,9H,1H3. The van der Waals surface area contributed by atoms with Crippen LogP contribution >= 0.6 is 33.9 Å². The molecule has 0 aliphatic rings. The minimum absolute atomic E-state index is 0.198. The zero-order chi connectivity index (χ0) is 10.3. The molecule has 14 heavy (non-hydrogen) atoms. The fourth-order valence-corrected chi connectivity index (χ4v) is 3.75. The number of rotatable bonds is 1. The van der Waals surface area contributed by atoms with Crippen LogP contribution < -0.4 is 0 Å². The predicted octanol–water partition coefficient (Wildman–Crippen LogP) is 4.75. The summed E-state index contributed by atoms with van der Waals surface area (Å²) in [6, 6.07) is 5.66. The number of fused-ring (bicyclic) bond motifs is 1. The zero-order valence-electron chi connectivity index (χ0n) is 7.35. The van der Waals surface area contributed by atoms with Crippen LogP contribution in [0.25, 0.3) is 10.1 Å². The van der Waals surface area contributed by atoms with Gasteiger partial charge < -0.3 is 0 Å². The van der Waals surface area contributed by atoms with Crippen LogP contribution in [0.1, 0.15) is 17.6 Å². The van der Waals surface area contributed by atoms with Gasteiger partial charge in [-0.15, -0.1) is 11.3 Å². The molecule has 0 nitrogen and oxygen atoms in total. The Hall–Kier alpha value is -0.230. The quantitative estimate of drug-likeness (QED) is 0.664. The second kappa shape index (κ2) is 3.73. The van der Waals surface area contributed by atoms with E-state index < -0.39 is 6.43 Å². The van der Waals surface area contributed by atoms with Crippen molar-refractivity contribution >= 4 is 44.0 Å². The van der Waals surface area contributed by atoms with E-state index in [-0.39, 0.29) is 5.56 Å². The Morgan fingerprint density at radius 2 is 2.07 bits per heavy atom.